The average molecular weight is 198 g/mol. The maximum Gasteiger partial charge on any atom is 0.330 e. The summed E-state index contributed by atoms with van der Waals surface area (Å²) in [5.74, 6) is 0.434. The van der Waals surface area contributed by atoms with Crippen LogP contribution in [-0.2, 0) is 9.53 Å². The Morgan fingerprint density at radius 3 is 2.64 bits per heavy atom. The largest absolute Gasteiger partial charge is 0.463 e. The van der Waals surface area contributed by atoms with Crippen molar-refractivity contribution in [3.63, 3.8) is 0 Å². The Balaban J connectivity index is 3.26. The summed E-state index contributed by atoms with van der Waals surface area (Å²) >= 11 is 0. The molecule has 0 spiro atoms. The minimum Gasteiger partial charge on any atom is -0.463 e. The number of ether oxygens (including phenoxy) is 1. The topological polar surface area (TPSA) is 26.3 Å². The fourth-order valence-corrected chi connectivity index (χ4v) is 1.36. The average Bonchev–Trinajstić information content (AvgIpc) is 2.21. The maximum atomic E-state index is 10.7. The van der Waals surface area contributed by atoms with Crippen LogP contribution < -0.4 is 0 Å². The molecule has 14 heavy (non-hydrogen) atoms. The normalized spacial score (nSPS) is 12.1. The Morgan fingerprint density at radius 2 is 2.07 bits per heavy atom. The van der Waals surface area contributed by atoms with Crippen LogP contribution in [0.4, 0.5) is 0 Å². The van der Waals surface area contributed by atoms with Crippen LogP contribution in [0, 0.1) is 5.92 Å². The Labute approximate surface area is 87.3 Å². The Bertz CT molecular complexity index is 164. The first kappa shape index (κ1) is 13.2. The van der Waals surface area contributed by atoms with E-state index >= 15 is 0 Å². The zero-order valence-corrected chi connectivity index (χ0v) is 9.42. The summed E-state index contributed by atoms with van der Waals surface area (Å²) in [6.45, 7) is 8.33. The second kappa shape index (κ2) is 8.79. The minimum atomic E-state index is -0.314. The molecule has 0 rings (SSSR count). The van der Waals surface area contributed by atoms with Crippen LogP contribution in [0.3, 0.4) is 0 Å². The van der Waals surface area contributed by atoms with Gasteiger partial charge in [-0.3, -0.25) is 0 Å². The van der Waals surface area contributed by atoms with Gasteiger partial charge in [0, 0.05) is 6.08 Å². The van der Waals surface area contributed by atoms with Crippen molar-refractivity contribution < 1.29 is 9.53 Å². The molecule has 0 amide bonds. The first-order chi connectivity index (χ1) is 6.70. The number of carbonyl (C=O) groups excluding carboxylic acids is 1. The first-order valence-electron chi connectivity index (χ1n) is 5.49. The standard InChI is InChI=1S/C12H22O2/c1-4-6-8-11(3)9-7-10-14-12(13)5-2/h5,11H,2,4,6-10H2,1,3H3. The SMILES string of the molecule is C=CC(=O)OCCCC(C)CCCC. The summed E-state index contributed by atoms with van der Waals surface area (Å²) in [4.78, 5) is 10.7. The quantitative estimate of drug-likeness (QED) is 0.340. The molecule has 0 aromatic heterocycles. The van der Waals surface area contributed by atoms with Gasteiger partial charge in [-0.15, -0.1) is 0 Å². The summed E-state index contributed by atoms with van der Waals surface area (Å²) in [6, 6.07) is 0. The molecular weight excluding hydrogens is 176 g/mol. The third-order valence-corrected chi connectivity index (χ3v) is 2.30. The van der Waals surface area contributed by atoms with Crippen molar-refractivity contribution in [1.82, 2.24) is 0 Å². The summed E-state index contributed by atoms with van der Waals surface area (Å²) in [5.41, 5.74) is 0. The summed E-state index contributed by atoms with van der Waals surface area (Å²) in [7, 11) is 0. The molecule has 0 N–H and O–H groups in total. The summed E-state index contributed by atoms with van der Waals surface area (Å²) in [5, 5.41) is 0. The van der Waals surface area contributed by atoms with Gasteiger partial charge in [0.25, 0.3) is 0 Å². The molecule has 2 nitrogen and oxygen atoms in total. The highest BCUT2D eigenvalue weighted by atomic mass is 16.5. The molecule has 0 aromatic carbocycles. The van der Waals surface area contributed by atoms with Gasteiger partial charge in [0.2, 0.25) is 0 Å². The molecule has 0 aliphatic rings. The Morgan fingerprint density at radius 1 is 1.43 bits per heavy atom. The first-order valence-corrected chi connectivity index (χ1v) is 5.49. The van der Waals surface area contributed by atoms with Gasteiger partial charge in [-0.2, -0.15) is 0 Å². The third-order valence-electron chi connectivity index (χ3n) is 2.30. The van der Waals surface area contributed by atoms with Crippen LogP contribution in [0.5, 0.6) is 0 Å². The van der Waals surface area contributed by atoms with Crippen LogP contribution in [0.1, 0.15) is 46.0 Å². The van der Waals surface area contributed by atoms with Crippen molar-refractivity contribution in [2.45, 2.75) is 46.0 Å². The predicted molar refractivity (Wildman–Crippen MR) is 59.1 cm³/mol. The lowest BCUT2D eigenvalue weighted by atomic mass is 9.99. The molecule has 0 saturated heterocycles. The lowest BCUT2D eigenvalue weighted by Crippen LogP contribution is -2.04. The van der Waals surface area contributed by atoms with E-state index in [0.717, 1.165) is 18.8 Å². The van der Waals surface area contributed by atoms with Crippen molar-refractivity contribution >= 4 is 5.97 Å². The molecule has 0 aromatic rings. The van der Waals surface area contributed by atoms with E-state index in [0.29, 0.717) is 6.61 Å². The van der Waals surface area contributed by atoms with Crippen LogP contribution in [-0.4, -0.2) is 12.6 Å². The molecular formula is C12H22O2. The molecule has 82 valence electrons. The van der Waals surface area contributed by atoms with Crippen LogP contribution in [0.25, 0.3) is 0 Å². The number of unbranched alkanes of at least 4 members (excludes halogenated alkanes) is 1. The number of hydrogen-bond donors (Lipinski definition) is 0. The van der Waals surface area contributed by atoms with Gasteiger partial charge < -0.3 is 4.74 Å². The van der Waals surface area contributed by atoms with Gasteiger partial charge >= 0.3 is 5.97 Å². The van der Waals surface area contributed by atoms with E-state index in [-0.39, 0.29) is 5.97 Å². The van der Waals surface area contributed by atoms with Crippen molar-refractivity contribution in [1.29, 1.82) is 0 Å². The maximum absolute atomic E-state index is 10.7. The van der Waals surface area contributed by atoms with E-state index in [1.165, 1.54) is 25.3 Å². The summed E-state index contributed by atoms with van der Waals surface area (Å²) < 4.78 is 4.89. The number of esters is 1. The number of carbonyl (C=O) groups is 1. The fourth-order valence-electron chi connectivity index (χ4n) is 1.36. The van der Waals surface area contributed by atoms with Gasteiger partial charge in [0.1, 0.15) is 0 Å². The predicted octanol–water partition coefficient (Wildman–Crippen LogP) is 3.32. The lowest BCUT2D eigenvalue weighted by molar-refractivity contribution is -0.137. The monoisotopic (exact) mass is 198 g/mol. The smallest absolute Gasteiger partial charge is 0.330 e. The lowest BCUT2D eigenvalue weighted by Gasteiger charge is -2.09. The van der Waals surface area contributed by atoms with Crippen LogP contribution in [0.15, 0.2) is 12.7 Å². The number of hydrogen-bond acceptors (Lipinski definition) is 2. The molecule has 1 unspecified atom stereocenters. The number of rotatable bonds is 8. The van der Waals surface area contributed by atoms with E-state index < -0.39 is 0 Å². The van der Waals surface area contributed by atoms with E-state index in [1.807, 2.05) is 0 Å². The van der Waals surface area contributed by atoms with E-state index in [2.05, 4.69) is 20.4 Å². The molecule has 0 aliphatic carbocycles. The van der Waals surface area contributed by atoms with E-state index in [4.69, 9.17) is 4.74 Å². The van der Waals surface area contributed by atoms with Gasteiger partial charge in [-0.25, -0.2) is 4.79 Å². The zero-order chi connectivity index (χ0) is 10.8. The fraction of sp³-hybridized carbons (Fsp3) is 0.750. The minimum absolute atomic E-state index is 0.314. The van der Waals surface area contributed by atoms with Crippen molar-refractivity contribution in [2.75, 3.05) is 6.61 Å². The molecule has 0 radical (unpaired) electrons. The van der Waals surface area contributed by atoms with Gasteiger partial charge in [-0.1, -0.05) is 39.7 Å². The molecule has 0 bridgehead atoms. The molecule has 0 saturated carbocycles. The third kappa shape index (κ3) is 7.84. The van der Waals surface area contributed by atoms with Crippen LogP contribution >= 0.6 is 0 Å². The van der Waals surface area contributed by atoms with E-state index in [1.54, 1.807) is 0 Å². The van der Waals surface area contributed by atoms with Gasteiger partial charge in [0.05, 0.1) is 6.61 Å². The highest BCUT2D eigenvalue weighted by Crippen LogP contribution is 2.13. The van der Waals surface area contributed by atoms with Crippen molar-refractivity contribution in [3.05, 3.63) is 12.7 Å². The molecule has 0 fully saturated rings. The Kier molecular flexibility index (Phi) is 8.30. The molecule has 0 heterocycles. The second-order valence-electron chi connectivity index (χ2n) is 3.76. The Hall–Kier alpha value is -0.790. The highest BCUT2D eigenvalue weighted by Gasteiger charge is 2.02. The molecule has 2 heteroatoms. The highest BCUT2D eigenvalue weighted by molar-refractivity contribution is 5.81. The van der Waals surface area contributed by atoms with Gasteiger partial charge in [0.15, 0.2) is 0 Å². The van der Waals surface area contributed by atoms with Crippen LogP contribution in [0.2, 0.25) is 0 Å². The van der Waals surface area contributed by atoms with E-state index in [9.17, 15) is 4.79 Å². The molecule has 0 aliphatic heterocycles. The van der Waals surface area contributed by atoms with Crippen molar-refractivity contribution in [3.8, 4) is 0 Å². The second-order valence-corrected chi connectivity index (χ2v) is 3.76. The van der Waals surface area contributed by atoms with Crippen molar-refractivity contribution in [2.24, 2.45) is 5.92 Å². The molecule has 1 atom stereocenters. The zero-order valence-electron chi connectivity index (χ0n) is 9.42. The summed E-state index contributed by atoms with van der Waals surface area (Å²) in [6.07, 6.45) is 7.16. The van der Waals surface area contributed by atoms with Gasteiger partial charge in [-0.05, 0) is 18.8 Å².